The van der Waals surface area contributed by atoms with E-state index < -0.39 is 0 Å². The monoisotopic (exact) mass is 250 g/mol. The number of non-ortho nitro benzene ring substituents is 1. The van der Waals surface area contributed by atoms with Crippen molar-refractivity contribution in [2.24, 2.45) is 0 Å². The van der Waals surface area contributed by atoms with Crippen LogP contribution < -0.4 is 0 Å². The number of H-pyrrole nitrogens is 1. The Balaban J connectivity index is 0.000000280. The number of hydrogen-bond acceptors (Lipinski definition) is 4. The van der Waals surface area contributed by atoms with Crippen molar-refractivity contribution in [2.75, 3.05) is 6.61 Å². The maximum Gasteiger partial charge on any atom is 0.293 e. The van der Waals surface area contributed by atoms with Crippen LogP contribution in [0.2, 0.25) is 0 Å². The van der Waals surface area contributed by atoms with E-state index in [2.05, 4.69) is 9.72 Å². The van der Waals surface area contributed by atoms with Crippen LogP contribution >= 0.6 is 0 Å². The van der Waals surface area contributed by atoms with E-state index in [-0.39, 0.29) is 10.6 Å². The van der Waals surface area contributed by atoms with Crippen LogP contribution in [0.1, 0.15) is 12.5 Å². The maximum atomic E-state index is 10.7. The third kappa shape index (κ3) is 3.31. The number of carbonyl (C=O) groups excluding carboxylic acids is 1. The largest absolute Gasteiger partial charge is 0.468 e. The zero-order chi connectivity index (χ0) is 13.5. The molecule has 0 saturated carbocycles. The molecule has 18 heavy (non-hydrogen) atoms. The predicted molar refractivity (Wildman–Crippen MR) is 67.4 cm³/mol. The molecule has 0 atom stereocenters. The van der Waals surface area contributed by atoms with Gasteiger partial charge in [-0.3, -0.25) is 14.9 Å². The highest BCUT2D eigenvalue weighted by atomic mass is 16.6. The van der Waals surface area contributed by atoms with Gasteiger partial charge in [-0.2, -0.15) is 0 Å². The second-order valence-electron chi connectivity index (χ2n) is 3.53. The van der Waals surface area contributed by atoms with E-state index in [0.717, 1.165) is 10.9 Å². The Morgan fingerprint density at radius 3 is 2.72 bits per heavy atom. The molecule has 6 nitrogen and oxygen atoms in total. The number of hydrogen-bond donors (Lipinski definition) is 1. The Hall–Kier alpha value is -2.37. The molecule has 1 aromatic heterocycles. The summed E-state index contributed by atoms with van der Waals surface area (Å²) in [6.07, 6.45) is 1.71. The average Bonchev–Trinajstić information content (AvgIpc) is 2.77. The number of rotatable bonds is 3. The molecule has 0 radical (unpaired) electrons. The third-order valence-corrected chi connectivity index (χ3v) is 2.21. The Morgan fingerprint density at radius 1 is 1.50 bits per heavy atom. The molecule has 1 N–H and O–H groups in total. The number of ether oxygens (including phenoxy) is 1. The smallest absolute Gasteiger partial charge is 0.293 e. The maximum absolute atomic E-state index is 10.7. The Bertz CT molecular complexity index is 548. The number of nitro benzene ring substituents is 1. The first-order valence-electron chi connectivity index (χ1n) is 5.37. The summed E-state index contributed by atoms with van der Waals surface area (Å²) in [5.74, 6) is 0. The number of aromatic nitrogens is 1. The van der Waals surface area contributed by atoms with Crippen molar-refractivity contribution >= 4 is 23.1 Å². The topological polar surface area (TPSA) is 85.2 Å². The van der Waals surface area contributed by atoms with Gasteiger partial charge >= 0.3 is 0 Å². The summed E-state index contributed by atoms with van der Waals surface area (Å²) in [6.45, 7) is 4.51. The minimum Gasteiger partial charge on any atom is -0.468 e. The highest BCUT2D eigenvalue weighted by Crippen LogP contribution is 2.25. The lowest BCUT2D eigenvalue weighted by Crippen LogP contribution is -1.89. The van der Waals surface area contributed by atoms with E-state index in [1.807, 2.05) is 19.1 Å². The number of nitrogens with one attached hydrogen (secondary N) is 1. The van der Waals surface area contributed by atoms with Crippen molar-refractivity contribution in [3.63, 3.8) is 0 Å². The number of aromatic amines is 1. The van der Waals surface area contributed by atoms with Gasteiger partial charge < -0.3 is 9.72 Å². The molecular weight excluding hydrogens is 236 g/mol. The summed E-state index contributed by atoms with van der Waals surface area (Å²) >= 11 is 0. The second-order valence-corrected chi connectivity index (χ2v) is 3.53. The molecule has 0 unspecified atom stereocenters. The van der Waals surface area contributed by atoms with Crippen LogP contribution in [0.25, 0.3) is 10.9 Å². The second kappa shape index (κ2) is 6.39. The van der Waals surface area contributed by atoms with Crippen LogP contribution in [-0.4, -0.2) is 23.0 Å². The van der Waals surface area contributed by atoms with E-state index in [4.69, 9.17) is 0 Å². The highest BCUT2D eigenvalue weighted by Gasteiger charge is 2.12. The number of carbonyl (C=O) groups is 1. The average molecular weight is 250 g/mol. The molecule has 0 aliphatic heterocycles. The Kier molecular flexibility index (Phi) is 4.86. The normalized spacial score (nSPS) is 9.44. The fraction of sp³-hybridized carbons (Fsp3) is 0.250. The first-order chi connectivity index (χ1) is 8.60. The van der Waals surface area contributed by atoms with Crippen LogP contribution in [0.15, 0.2) is 24.4 Å². The molecule has 0 aliphatic rings. The zero-order valence-corrected chi connectivity index (χ0v) is 10.2. The van der Waals surface area contributed by atoms with Crippen molar-refractivity contribution < 1.29 is 14.5 Å². The van der Waals surface area contributed by atoms with Gasteiger partial charge in [-0.25, -0.2) is 0 Å². The molecule has 0 aliphatic carbocycles. The first kappa shape index (κ1) is 13.7. The fourth-order valence-electron chi connectivity index (χ4n) is 1.51. The molecule has 1 aromatic carbocycles. The van der Waals surface area contributed by atoms with Gasteiger partial charge in [-0.15, -0.1) is 0 Å². The number of nitro groups is 1. The molecular formula is C12H14N2O4. The molecule has 0 bridgehead atoms. The van der Waals surface area contributed by atoms with Gasteiger partial charge in [0.25, 0.3) is 12.2 Å². The van der Waals surface area contributed by atoms with Crippen molar-refractivity contribution in [1.29, 1.82) is 0 Å². The van der Waals surface area contributed by atoms with Crippen LogP contribution in [0.5, 0.6) is 0 Å². The van der Waals surface area contributed by atoms with E-state index in [1.165, 1.54) is 0 Å². The van der Waals surface area contributed by atoms with Gasteiger partial charge in [0.2, 0.25) is 0 Å². The van der Waals surface area contributed by atoms with Gasteiger partial charge in [0.1, 0.15) is 5.52 Å². The van der Waals surface area contributed by atoms with Gasteiger partial charge in [-0.1, -0.05) is 0 Å². The van der Waals surface area contributed by atoms with Gasteiger partial charge in [-0.05, 0) is 31.5 Å². The molecule has 2 aromatic rings. The number of fused-ring (bicyclic) bond motifs is 1. The summed E-state index contributed by atoms with van der Waals surface area (Å²) < 4.78 is 4.15. The van der Waals surface area contributed by atoms with Crippen molar-refractivity contribution in [1.82, 2.24) is 4.98 Å². The number of aryl methyl sites for hydroxylation is 1. The molecule has 0 spiro atoms. The van der Waals surface area contributed by atoms with E-state index in [0.29, 0.717) is 18.6 Å². The lowest BCUT2D eigenvalue weighted by atomic mass is 10.1. The standard InChI is InChI=1S/C9H8N2O2.C3H6O2/c1-6-4-7-2-3-10-9(7)8(5-6)11(12)13;1-2-5-3-4/h2-5,10H,1H3;3H,2H2,1H3. The molecule has 0 amide bonds. The third-order valence-electron chi connectivity index (χ3n) is 2.21. The summed E-state index contributed by atoms with van der Waals surface area (Å²) in [7, 11) is 0. The Labute approximate surface area is 104 Å². The first-order valence-corrected chi connectivity index (χ1v) is 5.37. The SMILES string of the molecule is CCOC=O.Cc1cc([N+](=O)[O-])c2[nH]ccc2c1. The van der Waals surface area contributed by atoms with Gasteiger partial charge in [0, 0.05) is 17.6 Å². The van der Waals surface area contributed by atoms with Gasteiger partial charge in [0.05, 0.1) is 11.5 Å². The minimum absolute atomic E-state index is 0.139. The number of nitrogens with zero attached hydrogens (tertiary/aromatic N) is 1. The van der Waals surface area contributed by atoms with Crippen molar-refractivity contribution in [3.05, 3.63) is 40.1 Å². The van der Waals surface area contributed by atoms with E-state index >= 15 is 0 Å². The van der Waals surface area contributed by atoms with Crippen LogP contribution in [0, 0.1) is 17.0 Å². The summed E-state index contributed by atoms with van der Waals surface area (Å²) in [4.78, 5) is 22.3. The Morgan fingerprint density at radius 2 is 2.22 bits per heavy atom. The fourth-order valence-corrected chi connectivity index (χ4v) is 1.51. The van der Waals surface area contributed by atoms with Crippen LogP contribution in [-0.2, 0) is 9.53 Å². The minimum atomic E-state index is -0.369. The lowest BCUT2D eigenvalue weighted by molar-refractivity contribution is -0.383. The van der Waals surface area contributed by atoms with Crippen LogP contribution in [0.3, 0.4) is 0 Å². The number of benzene rings is 1. The molecule has 0 fully saturated rings. The van der Waals surface area contributed by atoms with Crippen LogP contribution in [0.4, 0.5) is 5.69 Å². The summed E-state index contributed by atoms with van der Waals surface area (Å²) in [6, 6.07) is 5.31. The van der Waals surface area contributed by atoms with Gasteiger partial charge in [0.15, 0.2) is 0 Å². The lowest BCUT2D eigenvalue weighted by Gasteiger charge is -1.96. The molecule has 6 heteroatoms. The molecule has 2 rings (SSSR count). The molecule has 1 heterocycles. The summed E-state index contributed by atoms with van der Waals surface area (Å²) in [5, 5.41) is 11.5. The van der Waals surface area contributed by atoms with Crippen molar-refractivity contribution in [3.8, 4) is 0 Å². The quantitative estimate of drug-likeness (QED) is 0.515. The van der Waals surface area contributed by atoms with E-state index in [9.17, 15) is 14.9 Å². The predicted octanol–water partition coefficient (Wildman–Crippen LogP) is 2.56. The molecule has 0 saturated heterocycles. The molecule has 96 valence electrons. The van der Waals surface area contributed by atoms with E-state index in [1.54, 1.807) is 19.2 Å². The zero-order valence-electron chi connectivity index (χ0n) is 10.2. The highest BCUT2D eigenvalue weighted by molar-refractivity contribution is 5.88. The van der Waals surface area contributed by atoms with Crippen molar-refractivity contribution in [2.45, 2.75) is 13.8 Å². The summed E-state index contributed by atoms with van der Waals surface area (Å²) in [5.41, 5.74) is 1.63.